The van der Waals surface area contributed by atoms with Crippen molar-refractivity contribution >= 4 is 34.3 Å². The number of nitrogens with zero attached hydrogens (tertiary/aromatic N) is 4. The van der Waals surface area contributed by atoms with Crippen molar-refractivity contribution in [2.75, 3.05) is 26.2 Å². The van der Waals surface area contributed by atoms with Crippen molar-refractivity contribution in [1.29, 1.82) is 0 Å². The van der Waals surface area contributed by atoms with Crippen molar-refractivity contribution in [2.45, 2.75) is 0 Å². The first kappa shape index (κ1) is 19.3. The van der Waals surface area contributed by atoms with E-state index in [0.29, 0.717) is 48.3 Å². The highest BCUT2D eigenvalue weighted by atomic mass is 35.5. The molecular weight excluding hydrogens is 416 g/mol. The summed E-state index contributed by atoms with van der Waals surface area (Å²) < 4.78 is 0. The third-order valence-corrected chi connectivity index (χ3v) is 5.67. The van der Waals surface area contributed by atoms with E-state index < -0.39 is 0 Å². The second-order valence-corrected chi connectivity index (χ2v) is 7.84. The van der Waals surface area contributed by atoms with Crippen molar-refractivity contribution in [2.24, 2.45) is 0 Å². The number of fused-ring (bicyclic) bond motifs is 1. The lowest BCUT2D eigenvalue weighted by Crippen LogP contribution is -2.50. The Hall–Kier alpha value is -3.65. The van der Waals surface area contributed by atoms with Crippen LogP contribution in [0.4, 0.5) is 0 Å². The van der Waals surface area contributed by atoms with Gasteiger partial charge in [-0.3, -0.25) is 19.7 Å². The maximum Gasteiger partial charge on any atom is 0.272 e. The van der Waals surface area contributed by atoms with E-state index in [1.807, 2.05) is 30.3 Å². The van der Waals surface area contributed by atoms with E-state index in [2.05, 4.69) is 20.2 Å². The van der Waals surface area contributed by atoms with Gasteiger partial charge in [0, 0.05) is 60.1 Å². The van der Waals surface area contributed by atoms with Crippen molar-refractivity contribution in [1.82, 2.24) is 30.0 Å². The number of H-pyrrole nitrogens is 2. The maximum absolute atomic E-state index is 12.9. The first-order valence-corrected chi connectivity index (χ1v) is 10.3. The summed E-state index contributed by atoms with van der Waals surface area (Å²) in [7, 11) is 0. The number of rotatable bonds is 3. The summed E-state index contributed by atoms with van der Waals surface area (Å²) in [6, 6.07) is 12.7. The van der Waals surface area contributed by atoms with Gasteiger partial charge < -0.3 is 14.8 Å². The quantitative estimate of drug-likeness (QED) is 0.517. The predicted octanol–water partition coefficient (Wildman–Crippen LogP) is 3.20. The molecule has 9 heteroatoms. The highest BCUT2D eigenvalue weighted by molar-refractivity contribution is 6.31. The van der Waals surface area contributed by atoms with Crippen LogP contribution < -0.4 is 0 Å². The van der Waals surface area contributed by atoms with Gasteiger partial charge in [0.25, 0.3) is 11.8 Å². The Morgan fingerprint density at radius 2 is 1.68 bits per heavy atom. The van der Waals surface area contributed by atoms with E-state index >= 15 is 0 Å². The fraction of sp³-hybridized carbons (Fsp3) is 0.182. The number of aromatic nitrogens is 4. The first-order chi connectivity index (χ1) is 15.1. The minimum absolute atomic E-state index is 0.0835. The Kier molecular flexibility index (Phi) is 4.91. The van der Waals surface area contributed by atoms with Crippen molar-refractivity contribution in [3.05, 3.63) is 71.3 Å². The van der Waals surface area contributed by atoms with Gasteiger partial charge in [0.15, 0.2) is 0 Å². The van der Waals surface area contributed by atoms with E-state index in [-0.39, 0.29) is 11.8 Å². The molecule has 4 aromatic rings. The molecule has 0 radical (unpaired) electrons. The van der Waals surface area contributed by atoms with Crippen LogP contribution in [0.15, 0.2) is 54.9 Å². The van der Waals surface area contributed by atoms with Gasteiger partial charge in [0.2, 0.25) is 0 Å². The number of amides is 2. The molecule has 0 bridgehead atoms. The Morgan fingerprint density at radius 3 is 2.39 bits per heavy atom. The van der Waals surface area contributed by atoms with E-state index in [1.165, 1.54) is 0 Å². The highest BCUT2D eigenvalue weighted by Crippen LogP contribution is 2.22. The summed E-state index contributed by atoms with van der Waals surface area (Å²) in [5, 5.41) is 8.56. The molecule has 0 spiro atoms. The molecule has 1 aromatic carbocycles. The Morgan fingerprint density at radius 1 is 0.935 bits per heavy atom. The number of carbonyl (C=O) groups excluding carboxylic acids is 2. The van der Waals surface area contributed by atoms with Gasteiger partial charge in [-0.25, -0.2) is 0 Å². The minimum atomic E-state index is -0.130. The molecule has 5 rings (SSSR count). The average molecular weight is 435 g/mol. The molecule has 8 nitrogen and oxygen atoms in total. The number of piperazine rings is 1. The van der Waals surface area contributed by atoms with Crippen LogP contribution in [0.3, 0.4) is 0 Å². The predicted molar refractivity (Wildman–Crippen MR) is 117 cm³/mol. The van der Waals surface area contributed by atoms with Crippen LogP contribution >= 0.6 is 11.6 Å². The van der Waals surface area contributed by atoms with Crippen LogP contribution in [-0.4, -0.2) is 68.0 Å². The Balaban J connectivity index is 1.24. The van der Waals surface area contributed by atoms with Crippen LogP contribution in [-0.2, 0) is 0 Å². The fourth-order valence-corrected chi connectivity index (χ4v) is 3.95. The SMILES string of the molecule is O=C(c1cc(-c2cccnc2)n[nH]1)N1CCN(C(=O)c2cc3cc(Cl)ccc3[nH]2)CC1. The molecule has 2 N–H and O–H groups in total. The summed E-state index contributed by atoms with van der Waals surface area (Å²) >= 11 is 6.03. The maximum atomic E-state index is 12.9. The number of halogens is 1. The van der Waals surface area contributed by atoms with Crippen LogP contribution in [0, 0.1) is 0 Å². The first-order valence-electron chi connectivity index (χ1n) is 9.91. The van der Waals surface area contributed by atoms with Gasteiger partial charge in [-0.05, 0) is 42.5 Å². The molecular formula is C22H19ClN6O2. The molecule has 1 fully saturated rings. The van der Waals surface area contributed by atoms with E-state index in [1.54, 1.807) is 34.3 Å². The highest BCUT2D eigenvalue weighted by Gasteiger charge is 2.27. The third-order valence-electron chi connectivity index (χ3n) is 5.43. The number of aromatic amines is 2. The third kappa shape index (κ3) is 3.77. The van der Waals surface area contributed by atoms with Crippen molar-refractivity contribution in [3.63, 3.8) is 0 Å². The summed E-state index contributed by atoms with van der Waals surface area (Å²) in [4.78, 5) is 36.5. The molecule has 156 valence electrons. The molecule has 0 atom stereocenters. The van der Waals surface area contributed by atoms with Gasteiger partial charge in [-0.15, -0.1) is 0 Å². The number of carbonyl (C=O) groups is 2. The number of pyridine rings is 1. The monoisotopic (exact) mass is 434 g/mol. The molecule has 2 amide bonds. The lowest BCUT2D eigenvalue weighted by molar-refractivity contribution is 0.0529. The standard InChI is InChI=1S/C22H19ClN6O2/c23-16-3-4-17-15(10-16)11-19(25-17)21(30)28-6-8-29(9-7-28)22(31)20-12-18(26-27-20)14-2-1-5-24-13-14/h1-5,10-13,25H,6-9H2,(H,26,27). The van der Waals surface area contributed by atoms with Crippen LogP contribution in [0.5, 0.6) is 0 Å². The van der Waals surface area contributed by atoms with Gasteiger partial charge in [-0.1, -0.05) is 11.6 Å². The second kappa shape index (κ2) is 7.88. The minimum Gasteiger partial charge on any atom is -0.351 e. The summed E-state index contributed by atoms with van der Waals surface area (Å²) in [5.41, 5.74) is 3.32. The van der Waals surface area contributed by atoms with Gasteiger partial charge in [0.05, 0.1) is 5.69 Å². The zero-order chi connectivity index (χ0) is 21.4. The van der Waals surface area contributed by atoms with Crippen LogP contribution in [0.1, 0.15) is 21.0 Å². The average Bonchev–Trinajstić information content (AvgIpc) is 3.46. The summed E-state index contributed by atoms with van der Waals surface area (Å²) in [6.07, 6.45) is 3.39. The van der Waals surface area contributed by atoms with Gasteiger partial charge in [-0.2, -0.15) is 5.10 Å². The zero-order valence-corrected chi connectivity index (χ0v) is 17.3. The molecule has 31 heavy (non-hydrogen) atoms. The smallest absolute Gasteiger partial charge is 0.272 e. The van der Waals surface area contributed by atoms with E-state index in [9.17, 15) is 9.59 Å². The Bertz CT molecular complexity index is 1260. The second-order valence-electron chi connectivity index (χ2n) is 7.41. The molecule has 4 heterocycles. The number of hydrogen-bond acceptors (Lipinski definition) is 4. The molecule has 0 aliphatic carbocycles. The number of nitrogens with one attached hydrogen (secondary N) is 2. The topological polar surface area (TPSA) is 98.0 Å². The lowest BCUT2D eigenvalue weighted by atomic mass is 10.2. The Labute approximate surface area is 182 Å². The largest absolute Gasteiger partial charge is 0.351 e. The molecule has 0 saturated carbocycles. The van der Waals surface area contributed by atoms with E-state index in [4.69, 9.17) is 11.6 Å². The van der Waals surface area contributed by atoms with E-state index in [0.717, 1.165) is 16.5 Å². The normalized spacial score (nSPS) is 14.2. The number of benzene rings is 1. The van der Waals surface area contributed by atoms with Gasteiger partial charge >= 0.3 is 0 Å². The number of hydrogen-bond donors (Lipinski definition) is 2. The lowest BCUT2D eigenvalue weighted by Gasteiger charge is -2.34. The molecule has 0 unspecified atom stereocenters. The fourth-order valence-electron chi connectivity index (χ4n) is 3.77. The summed E-state index contributed by atoms with van der Waals surface area (Å²) in [5.74, 6) is -0.213. The zero-order valence-electron chi connectivity index (χ0n) is 16.5. The van der Waals surface area contributed by atoms with Crippen LogP contribution in [0.2, 0.25) is 5.02 Å². The van der Waals surface area contributed by atoms with Crippen molar-refractivity contribution in [3.8, 4) is 11.3 Å². The van der Waals surface area contributed by atoms with Crippen LogP contribution in [0.25, 0.3) is 22.2 Å². The molecule has 1 aliphatic rings. The summed E-state index contributed by atoms with van der Waals surface area (Å²) in [6.45, 7) is 1.84. The van der Waals surface area contributed by atoms with Gasteiger partial charge in [0.1, 0.15) is 11.4 Å². The molecule has 1 saturated heterocycles. The molecule has 3 aromatic heterocycles. The van der Waals surface area contributed by atoms with Crippen molar-refractivity contribution < 1.29 is 9.59 Å². The molecule has 1 aliphatic heterocycles.